The molecule has 0 bridgehead atoms. The van der Waals surface area contributed by atoms with Gasteiger partial charge in [0.15, 0.2) is 11.5 Å². The largest absolute Gasteiger partial charge is 0.493 e. The quantitative estimate of drug-likeness (QED) is 0.925. The molecule has 0 aromatic heterocycles. The zero-order valence-electron chi connectivity index (χ0n) is 9.55. The summed E-state index contributed by atoms with van der Waals surface area (Å²) >= 11 is 3.44. The van der Waals surface area contributed by atoms with Gasteiger partial charge in [-0.1, -0.05) is 6.07 Å². The molecule has 1 aromatic rings. The lowest BCUT2D eigenvalue weighted by Gasteiger charge is -2.16. The van der Waals surface area contributed by atoms with Crippen LogP contribution in [0.15, 0.2) is 16.6 Å². The van der Waals surface area contributed by atoms with Crippen molar-refractivity contribution in [3.05, 3.63) is 22.2 Å². The summed E-state index contributed by atoms with van der Waals surface area (Å²) in [7, 11) is 3.30. The molecule has 2 rings (SSSR count). The van der Waals surface area contributed by atoms with Crippen molar-refractivity contribution in [3.8, 4) is 11.5 Å². The number of ether oxygens (including phenoxy) is 2. The first-order valence-electron chi connectivity index (χ1n) is 5.28. The maximum Gasteiger partial charge on any atom is 0.175 e. The minimum absolute atomic E-state index is 0.0217. The monoisotopic (exact) mass is 285 g/mol. The van der Waals surface area contributed by atoms with Crippen LogP contribution in [0.25, 0.3) is 0 Å². The summed E-state index contributed by atoms with van der Waals surface area (Å²) in [5.41, 5.74) is 7.22. The second-order valence-corrected chi connectivity index (χ2v) is 5.17. The van der Waals surface area contributed by atoms with Crippen molar-refractivity contribution in [2.75, 3.05) is 14.2 Å². The lowest BCUT2D eigenvalue weighted by molar-refractivity contribution is 0.348. The summed E-state index contributed by atoms with van der Waals surface area (Å²) in [5, 5.41) is 0. The Morgan fingerprint density at radius 1 is 1.25 bits per heavy atom. The van der Waals surface area contributed by atoms with E-state index in [1.54, 1.807) is 14.2 Å². The SMILES string of the molecule is COc1c(Br)ccc(CC2(N)CC2)c1OC. The number of halogens is 1. The van der Waals surface area contributed by atoms with Gasteiger partial charge in [-0.25, -0.2) is 0 Å². The molecular weight excluding hydrogens is 270 g/mol. The topological polar surface area (TPSA) is 44.5 Å². The molecule has 0 saturated heterocycles. The van der Waals surface area contributed by atoms with Gasteiger partial charge in [-0.05, 0) is 46.8 Å². The van der Waals surface area contributed by atoms with Crippen LogP contribution < -0.4 is 15.2 Å². The maximum absolute atomic E-state index is 6.12. The minimum atomic E-state index is -0.0217. The third kappa shape index (κ3) is 2.18. The molecule has 0 radical (unpaired) electrons. The van der Waals surface area contributed by atoms with E-state index in [2.05, 4.69) is 15.9 Å². The number of hydrogen-bond donors (Lipinski definition) is 1. The first-order valence-corrected chi connectivity index (χ1v) is 6.07. The van der Waals surface area contributed by atoms with Crippen molar-refractivity contribution < 1.29 is 9.47 Å². The third-order valence-electron chi connectivity index (χ3n) is 2.99. The van der Waals surface area contributed by atoms with Crippen LogP contribution in [0.4, 0.5) is 0 Å². The molecule has 4 heteroatoms. The molecule has 1 aliphatic rings. The molecule has 1 fully saturated rings. The summed E-state index contributed by atoms with van der Waals surface area (Å²) in [5.74, 6) is 1.53. The summed E-state index contributed by atoms with van der Waals surface area (Å²) in [6.45, 7) is 0. The summed E-state index contributed by atoms with van der Waals surface area (Å²) in [6.07, 6.45) is 3.03. The van der Waals surface area contributed by atoms with E-state index >= 15 is 0 Å². The second-order valence-electron chi connectivity index (χ2n) is 4.31. The van der Waals surface area contributed by atoms with Crippen LogP contribution >= 0.6 is 15.9 Å². The van der Waals surface area contributed by atoms with E-state index in [1.165, 1.54) is 0 Å². The van der Waals surface area contributed by atoms with Crippen molar-refractivity contribution in [2.24, 2.45) is 5.73 Å². The Bertz CT molecular complexity index is 402. The van der Waals surface area contributed by atoms with Crippen LogP contribution in [0.2, 0.25) is 0 Å². The van der Waals surface area contributed by atoms with Gasteiger partial charge in [0.25, 0.3) is 0 Å². The lowest BCUT2D eigenvalue weighted by Crippen LogP contribution is -2.24. The Morgan fingerprint density at radius 2 is 1.88 bits per heavy atom. The number of nitrogens with two attached hydrogens (primary N) is 1. The highest BCUT2D eigenvalue weighted by Gasteiger charge is 2.39. The maximum atomic E-state index is 6.12. The van der Waals surface area contributed by atoms with Crippen LogP contribution in [0.5, 0.6) is 11.5 Å². The van der Waals surface area contributed by atoms with Crippen molar-refractivity contribution in [1.82, 2.24) is 0 Å². The standard InChI is InChI=1S/C12H16BrNO2/c1-15-10-8(7-12(14)5-6-12)3-4-9(13)11(10)16-2/h3-4H,5-7,14H2,1-2H3. The third-order valence-corrected chi connectivity index (χ3v) is 3.61. The van der Waals surface area contributed by atoms with Crippen LogP contribution in [0.1, 0.15) is 18.4 Å². The molecule has 3 nitrogen and oxygen atoms in total. The molecule has 88 valence electrons. The van der Waals surface area contributed by atoms with Gasteiger partial charge >= 0.3 is 0 Å². The van der Waals surface area contributed by atoms with Gasteiger partial charge in [0.1, 0.15) is 0 Å². The molecular formula is C12H16BrNO2. The Morgan fingerprint density at radius 3 is 2.38 bits per heavy atom. The van der Waals surface area contributed by atoms with Crippen LogP contribution in [-0.4, -0.2) is 19.8 Å². The first kappa shape index (κ1) is 11.7. The van der Waals surface area contributed by atoms with E-state index in [0.29, 0.717) is 0 Å². The van der Waals surface area contributed by atoms with Gasteiger partial charge in [-0.3, -0.25) is 0 Å². The molecule has 0 atom stereocenters. The Balaban J connectivity index is 2.36. The molecule has 0 heterocycles. The minimum Gasteiger partial charge on any atom is -0.493 e. The zero-order chi connectivity index (χ0) is 11.8. The first-order chi connectivity index (χ1) is 7.59. The highest BCUT2D eigenvalue weighted by atomic mass is 79.9. The molecule has 0 unspecified atom stereocenters. The lowest BCUT2D eigenvalue weighted by atomic mass is 10.0. The fourth-order valence-electron chi connectivity index (χ4n) is 1.85. The van der Waals surface area contributed by atoms with E-state index in [-0.39, 0.29) is 5.54 Å². The van der Waals surface area contributed by atoms with Crippen LogP contribution in [0.3, 0.4) is 0 Å². The Kier molecular flexibility index (Phi) is 3.13. The molecule has 1 saturated carbocycles. The van der Waals surface area contributed by atoms with E-state index < -0.39 is 0 Å². The van der Waals surface area contributed by atoms with Gasteiger partial charge in [0.05, 0.1) is 18.7 Å². The predicted molar refractivity (Wildman–Crippen MR) is 67.1 cm³/mol. The average Bonchev–Trinajstić information content (AvgIpc) is 2.98. The highest BCUT2D eigenvalue weighted by molar-refractivity contribution is 9.10. The van der Waals surface area contributed by atoms with E-state index in [1.807, 2.05) is 12.1 Å². The fourth-order valence-corrected chi connectivity index (χ4v) is 2.32. The smallest absolute Gasteiger partial charge is 0.175 e. The number of rotatable bonds is 4. The molecule has 16 heavy (non-hydrogen) atoms. The Labute approximate surface area is 104 Å². The fraction of sp³-hybridized carbons (Fsp3) is 0.500. The molecule has 1 aliphatic carbocycles. The van der Waals surface area contributed by atoms with Gasteiger partial charge in [-0.2, -0.15) is 0 Å². The Hall–Kier alpha value is -0.740. The van der Waals surface area contributed by atoms with Crippen molar-refractivity contribution >= 4 is 15.9 Å². The van der Waals surface area contributed by atoms with Crippen molar-refractivity contribution in [1.29, 1.82) is 0 Å². The second kappa shape index (κ2) is 4.26. The molecule has 0 aliphatic heterocycles. The van der Waals surface area contributed by atoms with Gasteiger partial charge < -0.3 is 15.2 Å². The molecule has 1 aromatic carbocycles. The molecule has 2 N–H and O–H groups in total. The number of benzene rings is 1. The van der Waals surface area contributed by atoms with Gasteiger partial charge in [0, 0.05) is 5.54 Å². The van der Waals surface area contributed by atoms with Crippen LogP contribution in [-0.2, 0) is 6.42 Å². The predicted octanol–water partition coefficient (Wildman–Crippen LogP) is 2.50. The van der Waals surface area contributed by atoms with Crippen molar-refractivity contribution in [3.63, 3.8) is 0 Å². The number of methoxy groups -OCH3 is 2. The summed E-state index contributed by atoms with van der Waals surface area (Å²) in [6, 6.07) is 4.01. The van der Waals surface area contributed by atoms with Gasteiger partial charge in [-0.15, -0.1) is 0 Å². The molecule has 0 amide bonds. The number of hydrogen-bond acceptors (Lipinski definition) is 3. The van der Waals surface area contributed by atoms with Crippen molar-refractivity contribution in [2.45, 2.75) is 24.8 Å². The van der Waals surface area contributed by atoms with Crippen LogP contribution in [0, 0.1) is 0 Å². The zero-order valence-corrected chi connectivity index (χ0v) is 11.1. The average molecular weight is 286 g/mol. The van der Waals surface area contributed by atoms with E-state index in [9.17, 15) is 0 Å². The van der Waals surface area contributed by atoms with E-state index in [4.69, 9.17) is 15.2 Å². The highest BCUT2D eigenvalue weighted by Crippen LogP contribution is 2.43. The summed E-state index contributed by atoms with van der Waals surface area (Å²) in [4.78, 5) is 0. The molecule has 0 spiro atoms. The normalized spacial score (nSPS) is 17.0. The van der Waals surface area contributed by atoms with E-state index in [0.717, 1.165) is 40.8 Å². The van der Waals surface area contributed by atoms with Gasteiger partial charge in [0.2, 0.25) is 0 Å². The summed E-state index contributed by atoms with van der Waals surface area (Å²) < 4.78 is 11.6.